The number of halogens is 1. The minimum Gasteiger partial charge on any atom is -0.448 e. The highest BCUT2D eigenvalue weighted by Gasteiger charge is 2.35. The Morgan fingerprint density at radius 2 is 2.18 bits per heavy atom. The van der Waals surface area contributed by atoms with Crippen LogP contribution in [0.5, 0.6) is 0 Å². The number of carbonyl (C=O) groups excluding carboxylic acids is 2. The molecule has 7 nitrogen and oxygen atoms in total. The molecule has 0 aromatic carbocycles. The Labute approximate surface area is 133 Å². The number of nitrogens with zero attached hydrogens (tertiary/aromatic N) is 1. The maximum atomic E-state index is 12.2. The summed E-state index contributed by atoms with van der Waals surface area (Å²) < 4.78 is 28.0. The summed E-state index contributed by atoms with van der Waals surface area (Å²) >= 11 is 5.70. The van der Waals surface area contributed by atoms with Gasteiger partial charge in [0.25, 0.3) is 5.91 Å². The summed E-state index contributed by atoms with van der Waals surface area (Å²) in [6, 6.07) is 1.02. The first-order valence-electron chi connectivity index (χ1n) is 6.71. The predicted molar refractivity (Wildman–Crippen MR) is 80.5 cm³/mol. The summed E-state index contributed by atoms with van der Waals surface area (Å²) in [6.07, 6.45) is 0.820. The second kappa shape index (κ2) is 6.29. The van der Waals surface area contributed by atoms with Crippen LogP contribution in [-0.2, 0) is 19.4 Å². The van der Waals surface area contributed by atoms with E-state index in [1.807, 2.05) is 0 Å². The summed E-state index contributed by atoms with van der Waals surface area (Å²) in [7, 11) is -1.57. The Balaban J connectivity index is 1.95. The lowest BCUT2D eigenvalue weighted by Crippen LogP contribution is -2.44. The molecule has 1 aromatic rings. The molecule has 0 unspecified atom stereocenters. The van der Waals surface area contributed by atoms with Crippen LogP contribution in [0, 0.1) is 0 Å². The molecule has 0 bridgehead atoms. The topological polar surface area (TPSA) is 96.5 Å². The smallest absolute Gasteiger partial charge is 0.355 e. The van der Waals surface area contributed by atoms with Gasteiger partial charge in [0.15, 0.2) is 15.9 Å². The van der Waals surface area contributed by atoms with Crippen molar-refractivity contribution in [1.82, 2.24) is 9.88 Å². The van der Waals surface area contributed by atoms with Gasteiger partial charge in [-0.05, 0) is 19.4 Å². The lowest BCUT2D eigenvalue weighted by molar-refractivity contribution is -0.140. The molecular weight excluding hydrogens is 332 g/mol. The van der Waals surface area contributed by atoms with Crippen molar-refractivity contribution in [2.45, 2.75) is 25.5 Å². The monoisotopic (exact) mass is 348 g/mol. The molecular formula is C13H17ClN2O5S. The normalized spacial score (nSPS) is 21.3. The van der Waals surface area contributed by atoms with Crippen molar-refractivity contribution in [3.05, 3.63) is 23.0 Å². The first kappa shape index (κ1) is 16.8. The van der Waals surface area contributed by atoms with E-state index in [0.717, 1.165) is 0 Å². The molecule has 1 N–H and O–H groups in total. The van der Waals surface area contributed by atoms with Gasteiger partial charge in [-0.1, -0.05) is 11.6 Å². The van der Waals surface area contributed by atoms with Gasteiger partial charge in [0, 0.05) is 19.3 Å². The molecule has 0 radical (unpaired) electrons. The molecule has 2 atom stereocenters. The van der Waals surface area contributed by atoms with E-state index >= 15 is 0 Å². The Morgan fingerprint density at radius 1 is 1.50 bits per heavy atom. The van der Waals surface area contributed by atoms with Crippen LogP contribution >= 0.6 is 11.6 Å². The number of esters is 1. The van der Waals surface area contributed by atoms with E-state index in [2.05, 4.69) is 4.98 Å². The molecule has 2 heterocycles. The third kappa shape index (κ3) is 3.80. The van der Waals surface area contributed by atoms with Crippen molar-refractivity contribution >= 4 is 33.3 Å². The Morgan fingerprint density at radius 3 is 2.68 bits per heavy atom. The van der Waals surface area contributed by atoms with Crippen molar-refractivity contribution in [3.8, 4) is 0 Å². The average Bonchev–Trinajstić information content (AvgIpc) is 3.02. The van der Waals surface area contributed by atoms with Crippen molar-refractivity contribution < 1.29 is 22.7 Å². The largest absolute Gasteiger partial charge is 0.448 e. The SMILES string of the molecule is C[C@H](OC(=O)c1cc(Cl)c[nH]1)C(=O)N(C)[C@@H]1CCS(=O)(=O)C1. The minimum atomic E-state index is -3.08. The second-order valence-corrected chi connectivity index (χ2v) is 7.95. The molecule has 1 aromatic heterocycles. The summed E-state index contributed by atoms with van der Waals surface area (Å²) in [4.78, 5) is 28.0. The minimum absolute atomic E-state index is 0.0534. The standard InChI is InChI=1S/C13H17ClN2O5S/c1-8(21-13(18)11-5-9(14)6-15-11)12(17)16(2)10-3-4-22(19,20)7-10/h5-6,8,10,15H,3-4,7H2,1-2H3/t8-,10+/m0/s1. The highest BCUT2D eigenvalue weighted by Crippen LogP contribution is 2.18. The maximum absolute atomic E-state index is 12.2. The third-order valence-electron chi connectivity index (χ3n) is 3.60. The van der Waals surface area contributed by atoms with Crippen molar-refractivity contribution in [3.63, 3.8) is 0 Å². The van der Waals surface area contributed by atoms with Crippen LogP contribution in [-0.4, -0.2) is 60.9 Å². The molecule has 1 fully saturated rings. The maximum Gasteiger partial charge on any atom is 0.355 e. The van der Waals surface area contributed by atoms with Gasteiger partial charge >= 0.3 is 5.97 Å². The van der Waals surface area contributed by atoms with E-state index in [-0.39, 0.29) is 23.2 Å². The fourth-order valence-corrected chi connectivity index (χ4v) is 4.25. The Kier molecular flexibility index (Phi) is 4.81. The molecule has 122 valence electrons. The molecule has 1 amide bonds. The lowest BCUT2D eigenvalue weighted by Gasteiger charge is -2.26. The van der Waals surface area contributed by atoms with Crippen LogP contribution in [0.25, 0.3) is 0 Å². The number of nitrogens with one attached hydrogen (secondary N) is 1. The van der Waals surface area contributed by atoms with Gasteiger partial charge in [0.2, 0.25) is 0 Å². The quantitative estimate of drug-likeness (QED) is 0.814. The average molecular weight is 349 g/mol. The summed E-state index contributed by atoms with van der Waals surface area (Å²) in [6.45, 7) is 1.45. The number of sulfone groups is 1. The summed E-state index contributed by atoms with van der Waals surface area (Å²) in [5.74, 6) is -1.11. The Bertz CT molecular complexity index is 684. The van der Waals surface area contributed by atoms with Gasteiger partial charge in [-0.3, -0.25) is 4.79 Å². The van der Waals surface area contributed by atoms with Crippen molar-refractivity contribution in [2.24, 2.45) is 0 Å². The zero-order chi connectivity index (χ0) is 16.5. The number of ether oxygens (including phenoxy) is 1. The predicted octanol–water partition coefficient (Wildman–Crippen LogP) is 0.859. The highest BCUT2D eigenvalue weighted by molar-refractivity contribution is 7.91. The van der Waals surface area contributed by atoms with E-state index in [0.29, 0.717) is 11.4 Å². The number of aromatic amines is 1. The first-order valence-corrected chi connectivity index (χ1v) is 8.91. The number of H-pyrrole nitrogens is 1. The third-order valence-corrected chi connectivity index (χ3v) is 5.57. The van der Waals surface area contributed by atoms with Gasteiger partial charge in [-0.25, -0.2) is 13.2 Å². The number of rotatable bonds is 4. The van der Waals surface area contributed by atoms with Gasteiger partial charge in [0.05, 0.1) is 16.5 Å². The van der Waals surface area contributed by atoms with Crippen LogP contribution in [0.1, 0.15) is 23.8 Å². The van der Waals surface area contributed by atoms with Gasteiger partial charge < -0.3 is 14.6 Å². The highest BCUT2D eigenvalue weighted by atomic mass is 35.5. The Hall–Kier alpha value is -1.54. The first-order chi connectivity index (χ1) is 10.2. The van der Waals surface area contributed by atoms with Crippen molar-refractivity contribution in [1.29, 1.82) is 0 Å². The van der Waals surface area contributed by atoms with Crippen molar-refractivity contribution in [2.75, 3.05) is 18.6 Å². The fourth-order valence-electron chi connectivity index (χ4n) is 2.31. The zero-order valence-corrected chi connectivity index (χ0v) is 13.8. The van der Waals surface area contributed by atoms with Gasteiger partial charge in [-0.2, -0.15) is 0 Å². The molecule has 0 aliphatic carbocycles. The second-order valence-electron chi connectivity index (χ2n) is 5.29. The van der Waals surface area contributed by atoms with Crippen LogP contribution < -0.4 is 0 Å². The number of carbonyl (C=O) groups is 2. The molecule has 1 saturated heterocycles. The number of aromatic nitrogens is 1. The van der Waals surface area contributed by atoms with Gasteiger partial charge in [0.1, 0.15) is 5.69 Å². The number of hydrogen-bond acceptors (Lipinski definition) is 5. The molecule has 0 saturated carbocycles. The molecule has 1 aliphatic heterocycles. The van der Waals surface area contributed by atoms with Crippen LogP contribution in [0.2, 0.25) is 5.02 Å². The number of hydrogen-bond donors (Lipinski definition) is 1. The molecule has 22 heavy (non-hydrogen) atoms. The van der Waals surface area contributed by atoms with Crippen LogP contribution in [0.3, 0.4) is 0 Å². The molecule has 2 rings (SSSR count). The molecule has 0 spiro atoms. The fraction of sp³-hybridized carbons (Fsp3) is 0.538. The van der Waals surface area contributed by atoms with Crippen LogP contribution in [0.4, 0.5) is 0 Å². The van der Waals surface area contributed by atoms with E-state index in [4.69, 9.17) is 16.3 Å². The van der Waals surface area contributed by atoms with Crippen LogP contribution in [0.15, 0.2) is 12.3 Å². The molecule has 9 heteroatoms. The van der Waals surface area contributed by atoms with E-state index in [9.17, 15) is 18.0 Å². The van der Waals surface area contributed by atoms with Gasteiger partial charge in [-0.15, -0.1) is 0 Å². The van der Waals surface area contributed by atoms with E-state index in [1.54, 1.807) is 0 Å². The summed E-state index contributed by atoms with van der Waals surface area (Å²) in [5.41, 5.74) is 0.149. The van der Waals surface area contributed by atoms with E-state index < -0.39 is 27.8 Å². The molecule has 1 aliphatic rings. The summed E-state index contributed by atoms with van der Waals surface area (Å²) in [5, 5.41) is 0.360. The van der Waals surface area contributed by atoms with E-state index in [1.165, 1.54) is 31.1 Å². The lowest BCUT2D eigenvalue weighted by atomic mass is 10.2. The number of amides is 1. The number of likely N-dealkylation sites (N-methyl/N-ethyl adjacent to an activating group) is 1. The zero-order valence-electron chi connectivity index (χ0n) is 12.2.